The fourth-order valence-corrected chi connectivity index (χ4v) is 2.52. The second-order valence-electron chi connectivity index (χ2n) is 4.42. The molecule has 1 aromatic carbocycles. The van der Waals surface area contributed by atoms with Gasteiger partial charge in [-0.05, 0) is 37.6 Å². The lowest BCUT2D eigenvalue weighted by molar-refractivity contribution is -0.140. The van der Waals surface area contributed by atoms with Crippen molar-refractivity contribution >= 4 is 17.7 Å². The molecule has 1 atom stereocenters. The lowest BCUT2D eigenvalue weighted by Crippen LogP contribution is -2.19. The van der Waals surface area contributed by atoms with Crippen LogP contribution in [0.2, 0.25) is 0 Å². The molecule has 0 aliphatic heterocycles. The van der Waals surface area contributed by atoms with Crippen LogP contribution in [0.4, 0.5) is 0 Å². The van der Waals surface area contributed by atoms with Crippen LogP contribution in [-0.4, -0.2) is 25.4 Å². The predicted octanol–water partition coefficient (Wildman–Crippen LogP) is 3.40. The first-order valence-corrected chi connectivity index (χ1v) is 7.69. The number of ether oxygens (including phenoxy) is 1. The van der Waals surface area contributed by atoms with E-state index in [4.69, 9.17) is 0 Å². The lowest BCUT2D eigenvalue weighted by Gasteiger charge is -2.13. The van der Waals surface area contributed by atoms with Gasteiger partial charge in [-0.25, -0.2) is 0 Å². The maximum Gasteiger partial charge on any atom is 0.306 e. The molecule has 0 saturated heterocycles. The summed E-state index contributed by atoms with van der Waals surface area (Å²) in [6.45, 7) is 5.38. The van der Waals surface area contributed by atoms with Crippen molar-refractivity contribution in [3.8, 4) is 0 Å². The summed E-state index contributed by atoms with van der Waals surface area (Å²) < 4.78 is 4.62. The van der Waals surface area contributed by atoms with Gasteiger partial charge in [-0.2, -0.15) is 0 Å². The topological polar surface area (TPSA) is 38.3 Å². The van der Waals surface area contributed by atoms with Crippen LogP contribution in [0.1, 0.15) is 38.3 Å². The highest BCUT2D eigenvalue weighted by atomic mass is 32.2. The van der Waals surface area contributed by atoms with E-state index < -0.39 is 0 Å². The molecule has 1 N–H and O–H groups in total. The van der Waals surface area contributed by atoms with Crippen molar-refractivity contribution in [2.75, 3.05) is 19.4 Å². The maximum atomic E-state index is 11.0. The molecule has 19 heavy (non-hydrogen) atoms. The van der Waals surface area contributed by atoms with E-state index in [-0.39, 0.29) is 5.97 Å². The second-order valence-corrected chi connectivity index (χ2v) is 5.59. The zero-order chi connectivity index (χ0) is 14.1. The number of carbonyl (C=O) groups excluding carboxylic acids is 1. The molecule has 1 aromatic rings. The summed E-state index contributed by atoms with van der Waals surface area (Å²) in [6, 6.07) is 8.90. The summed E-state index contributed by atoms with van der Waals surface area (Å²) in [5.41, 5.74) is 1.30. The Morgan fingerprint density at radius 3 is 2.63 bits per heavy atom. The molecule has 0 spiro atoms. The standard InChI is InChI=1S/C15H23NO2S/c1-4-10-16-12(2)13-5-7-14(8-6-13)19-11-9-15(17)18-3/h5-8,12,16H,4,9-11H2,1-3H3. The average molecular weight is 281 g/mol. The van der Waals surface area contributed by atoms with E-state index in [0.29, 0.717) is 12.5 Å². The molecule has 0 fully saturated rings. The van der Waals surface area contributed by atoms with Crippen LogP contribution in [0, 0.1) is 0 Å². The molecule has 0 radical (unpaired) electrons. The number of carbonyl (C=O) groups is 1. The van der Waals surface area contributed by atoms with Gasteiger partial charge in [0.1, 0.15) is 0 Å². The number of rotatable bonds is 8. The summed E-state index contributed by atoms with van der Waals surface area (Å²) in [7, 11) is 1.42. The summed E-state index contributed by atoms with van der Waals surface area (Å²) >= 11 is 1.68. The van der Waals surface area contributed by atoms with Crippen molar-refractivity contribution in [1.82, 2.24) is 5.32 Å². The van der Waals surface area contributed by atoms with Gasteiger partial charge >= 0.3 is 5.97 Å². The Morgan fingerprint density at radius 1 is 1.37 bits per heavy atom. The SMILES string of the molecule is CCCNC(C)c1ccc(SCCC(=O)OC)cc1. The quantitative estimate of drug-likeness (QED) is 0.585. The number of benzene rings is 1. The first kappa shape index (κ1) is 16.1. The van der Waals surface area contributed by atoms with E-state index in [1.54, 1.807) is 11.8 Å². The minimum absolute atomic E-state index is 0.151. The van der Waals surface area contributed by atoms with Crippen molar-refractivity contribution < 1.29 is 9.53 Å². The third-order valence-corrected chi connectivity index (χ3v) is 3.90. The van der Waals surface area contributed by atoms with Crippen LogP contribution in [0.3, 0.4) is 0 Å². The molecule has 3 nitrogen and oxygen atoms in total. The van der Waals surface area contributed by atoms with E-state index in [1.165, 1.54) is 17.6 Å². The molecular formula is C15H23NO2S. The number of thioether (sulfide) groups is 1. The third kappa shape index (κ3) is 6.12. The van der Waals surface area contributed by atoms with Gasteiger partial charge in [0.25, 0.3) is 0 Å². The van der Waals surface area contributed by atoms with Crippen molar-refractivity contribution in [1.29, 1.82) is 0 Å². The zero-order valence-corrected chi connectivity index (χ0v) is 12.8. The van der Waals surface area contributed by atoms with Crippen LogP contribution in [0.5, 0.6) is 0 Å². The first-order valence-electron chi connectivity index (χ1n) is 6.70. The van der Waals surface area contributed by atoms with Crippen LogP contribution in [0.15, 0.2) is 29.2 Å². The van der Waals surface area contributed by atoms with Gasteiger partial charge in [0.15, 0.2) is 0 Å². The molecule has 1 unspecified atom stereocenters. The molecule has 4 heteroatoms. The monoisotopic (exact) mass is 281 g/mol. The first-order chi connectivity index (χ1) is 9.17. The molecule has 0 heterocycles. The van der Waals surface area contributed by atoms with Gasteiger partial charge in [-0.3, -0.25) is 4.79 Å². The lowest BCUT2D eigenvalue weighted by atomic mass is 10.1. The molecule has 0 bridgehead atoms. The number of nitrogens with one attached hydrogen (secondary N) is 1. The third-order valence-electron chi connectivity index (χ3n) is 2.88. The zero-order valence-electron chi connectivity index (χ0n) is 11.9. The van der Waals surface area contributed by atoms with Crippen molar-refractivity contribution in [3.63, 3.8) is 0 Å². The number of hydrogen-bond donors (Lipinski definition) is 1. The summed E-state index contributed by atoms with van der Waals surface area (Å²) in [6.07, 6.45) is 1.60. The Hall–Kier alpha value is -1.00. The van der Waals surface area contributed by atoms with Crippen LogP contribution in [0.25, 0.3) is 0 Å². The van der Waals surface area contributed by atoms with Gasteiger partial charge in [-0.1, -0.05) is 19.1 Å². The molecule has 0 aromatic heterocycles. The Kier molecular flexibility index (Phi) is 7.60. The Morgan fingerprint density at radius 2 is 2.05 bits per heavy atom. The van der Waals surface area contributed by atoms with Crippen LogP contribution in [-0.2, 0) is 9.53 Å². The van der Waals surface area contributed by atoms with E-state index in [0.717, 1.165) is 18.7 Å². The molecule has 0 aliphatic carbocycles. The highest BCUT2D eigenvalue weighted by Crippen LogP contribution is 2.21. The van der Waals surface area contributed by atoms with E-state index in [2.05, 4.69) is 48.2 Å². The molecule has 0 amide bonds. The van der Waals surface area contributed by atoms with E-state index in [9.17, 15) is 4.79 Å². The highest BCUT2D eigenvalue weighted by molar-refractivity contribution is 7.99. The minimum Gasteiger partial charge on any atom is -0.469 e. The minimum atomic E-state index is -0.151. The van der Waals surface area contributed by atoms with Crippen molar-refractivity contribution in [3.05, 3.63) is 29.8 Å². The van der Waals surface area contributed by atoms with E-state index >= 15 is 0 Å². The van der Waals surface area contributed by atoms with Crippen LogP contribution >= 0.6 is 11.8 Å². The molecule has 0 aliphatic rings. The Balaban J connectivity index is 2.40. The van der Waals surface area contributed by atoms with Crippen molar-refractivity contribution in [2.24, 2.45) is 0 Å². The smallest absolute Gasteiger partial charge is 0.306 e. The second kappa shape index (κ2) is 8.99. The average Bonchev–Trinajstić information content (AvgIpc) is 2.45. The molecule has 106 valence electrons. The normalized spacial score (nSPS) is 12.2. The number of methoxy groups -OCH3 is 1. The van der Waals surface area contributed by atoms with Gasteiger partial charge in [0.2, 0.25) is 0 Å². The van der Waals surface area contributed by atoms with Gasteiger partial charge < -0.3 is 10.1 Å². The van der Waals surface area contributed by atoms with Gasteiger partial charge in [-0.15, -0.1) is 11.8 Å². The molecular weight excluding hydrogens is 258 g/mol. The van der Waals surface area contributed by atoms with Gasteiger partial charge in [0, 0.05) is 16.7 Å². The van der Waals surface area contributed by atoms with Crippen LogP contribution < -0.4 is 5.32 Å². The van der Waals surface area contributed by atoms with Crippen molar-refractivity contribution in [2.45, 2.75) is 37.6 Å². The van der Waals surface area contributed by atoms with Gasteiger partial charge in [0.05, 0.1) is 13.5 Å². The number of esters is 1. The largest absolute Gasteiger partial charge is 0.469 e. The molecule has 1 rings (SSSR count). The summed E-state index contributed by atoms with van der Waals surface area (Å²) in [4.78, 5) is 12.2. The fourth-order valence-electron chi connectivity index (χ4n) is 1.69. The highest BCUT2D eigenvalue weighted by Gasteiger charge is 2.05. The van der Waals surface area contributed by atoms with E-state index in [1.807, 2.05) is 0 Å². The number of hydrogen-bond acceptors (Lipinski definition) is 4. The Bertz CT molecular complexity index is 378. The molecule has 0 saturated carbocycles. The Labute approximate surface area is 120 Å². The predicted molar refractivity (Wildman–Crippen MR) is 80.5 cm³/mol. The fraction of sp³-hybridized carbons (Fsp3) is 0.533. The summed E-state index contributed by atoms with van der Waals surface area (Å²) in [5.74, 6) is 0.608. The summed E-state index contributed by atoms with van der Waals surface area (Å²) in [5, 5.41) is 3.47. The maximum absolute atomic E-state index is 11.0.